The van der Waals surface area contributed by atoms with Crippen molar-refractivity contribution in [3.63, 3.8) is 0 Å². The summed E-state index contributed by atoms with van der Waals surface area (Å²) in [6.45, 7) is 0. The summed E-state index contributed by atoms with van der Waals surface area (Å²) in [7, 11) is 1.30. The van der Waals surface area contributed by atoms with Gasteiger partial charge in [-0.3, -0.25) is 4.79 Å². The van der Waals surface area contributed by atoms with E-state index in [0.717, 1.165) is 0 Å². The van der Waals surface area contributed by atoms with Crippen LogP contribution in [0.4, 0.5) is 4.39 Å². The number of carbonyl (C=O) groups excluding carboxylic acids is 1. The number of ether oxygens (including phenoxy) is 1. The molecule has 0 saturated carbocycles. The Morgan fingerprint density at radius 2 is 1.85 bits per heavy atom. The molecule has 1 unspecified atom stereocenters. The first-order valence-electron chi connectivity index (χ1n) is 5.92. The molecule has 1 atom stereocenters. The van der Waals surface area contributed by atoms with Gasteiger partial charge >= 0.3 is 0 Å². The fraction of sp³-hybridized carbons (Fsp3) is 0.133. The fourth-order valence-corrected chi connectivity index (χ4v) is 2.06. The number of benzene rings is 2. The van der Waals surface area contributed by atoms with Crippen LogP contribution in [0.15, 0.2) is 48.5 Å². The highest BCUT2D eigenvalue weighted by Crippen LogP contribution is 2.34. The zero-order chi connectivity index (χ0) is 14.8. The minimum absolute atomic E-state index is 0.0712. The maximum atomic E-state index is 14.3. The van der Waals surface area contributed by atoms with Crippen LogP contribution in [0.5, 0.6) is 5.75 Å². The largest absolute Gasteiger partial charge is 0.494 e. The smallest absolute Gasteiger partial charge is 0.258 e. The van der Waals surface area contributed by atoms with Gasteiger partial charge in [-0.25, -0.2) is 4.39 Å². The average molecular weight is 275 g/mol. The second-order valence-corrected chi connectivity index (χ2v) is 4.26. The van der Waals surface area contributed by atoms with Gasteiger partial charge in [-0.15, -0.1) is 0 Å². The van der Waals surface area contributed by atoms with E-state index in [2.05, 4.69) is 0 Å². The first kappa shape index (κ1) is 14.0. The van der Waals surface area contributed by atoms with Crippen LogP contribution < -0.4 is 10.5 Å². The SMILES string of the molecule is COc1cccc(C(O)(C(N)=O)c2ccccc2)c1F. The molecule has 1 amide bonds. The molecule has 20 heavy (non-hydrogen) atoms. The number of rotatable bonds is 4. The lowest BCUT2D eigenvalue weighted by molar-refractivity contribution is -0.133. The van der Waals surface area contributed by atoms with Crippen LogP contribution in [0.2, 0.25) is 0 Å². The Morgan fingerprint density at radius 3 is 2.40 bits per heavy atom. The lowest BCUT2D eigenvalue weighted by Crippen LogP contribution is -2.42. The first-order valence-corrected chi connectivity index (χ1v) is 5.92. The highest BCUT2D eigenvalue weighted by molar-refractivity contribution is 5.88. The van der Waals surface area contributed by atoms with Gasteiger partial charge in [0.15, 0.2) is 17.2 Å². The summed E-state index contributed by atoms with van der Waals surface area (Å²) < 4.78 is 19.2. The Labute approximate surface area is 115 Å². The minimum Gasteiger partial charge on any atom is -0.494 e. The maximum Gasteiger partial charge on any atom is 0.258 e. The standard InChI is InChI=1S/C15H14FNO3/c1-20-12-9-5-8-11(13(12)16)15(19,14(17)18)10-6-3-2-4-7-10/h2-9,19H,1H3,(H2,17,18). The number of methoxy groups -OCH3 is 1. The van der Waals surface area contributed by atoms with Crippen molar-refractivity contribution in [3.05, 3.63) is 65.5 Å². The zero-order valence-corrected chi connectivity index (χ0v) is 10.8. The van der Waals surface area contributed by atoms with E-state index >= 15 is 0 Å². The van der Waals surface area contributed by atoms with Crippen molar-refractivity contribution in [1.82, 2.24) is 0 Å². The van der Waals surface area contributed by atoms with E-state index in [0.29, 0.717) is 0 Å². The van der Waals surface area contributed by atoms with Crippen molar-refractivity contribution < 1.29 is 19.0 Å². The molecule has 3 N–H and O–H groups in total. The Balaban J connectivity index is 2.70. The van der Waals surface area contributed by atoms with Gasteiger partial charge in [-0.1, -0.05) is 42.5 Å². The van der Waals surface area contributed by atoms with Crippen LogP contribution >= 0.6 is 0 Å². The summed E-state index contributed by atoms with van der Waals surface area (Å²) >= 11 is 0. The number of primary amides is 1. The molecule has 104 valence electrons. The molecule has 0 fully saturated rings. The summed E-state index contributed by atoms with van der Waals surface area (Å²) in [5.74, 6) is -1.95. The number of amides is 1. The van der Waals surface area contributed by atoms with E-state index in [1.165, 1.54) is 37.4 Å². The van der Waals surface area contributed by atoms with E-state index in [9.17, 15) is 14.3 Å². The molecular formula is C15H14FNO3. The molecule has 0 bridgehead atoms. The minimum atomic E-state index is -2.25. The Kier molecular flexibility index (Phi) is 3.72. The third-order valence-corrected chi connectivity index (χ3v) is 3.12. The number of hydrogen-bond acceptors (Lipinski definition) is 3. The lowest BCUT2D eigenvalue weighted by atomic mass is 9.85. The highest BCUT2D eigenvalue weighted by Gasteiger charge is 2.41. The second-order valence-electron chi connectivity index (χ2n) is 4.26. The number of aliphatic hydroxyl groups is 1. The van der Waals surface area contributed by atoms with Crippen LogP contribution in [0.25, 0.3) is 0 Å². The number of nitrogens with two attached hydrogens (primary N) is 1. The summed E-state index contributed by atoms with van der Waals surface area (Å²) in [5, 5.41) is 10.7. The summed E-state index contributed by atoms with van der Waals surface area (Å²) in [6.07, 6.45) is 0. The molecule has 2 aromatic rings. The van der Waals surface area contributed by atoms with Crippen molar-refractivity contribution >= 4 is 5.91 Å². The van der Waals surface area contributed by atoms with Crippen molar-refractivity contribution in [2.24, 2.45) is 5.73 Å². The van der Waals surface area contributed by atoms with Gasteiger partial charge in [0.1, 0.15) is 0 Å². The number of halogens is 1. The van der Waals surface area contributed by atoms with Crippen molar-refractivity contribution in [2.75, 3.05) is 7.11 Å². The van der Waals surface area contributed by atoms with E-state index in [4.69, 9.17) is 10.5 Å². The van der Waals surface area contributed by atoms with E-state index in [1.54, 1.807) is 18.2 Å². The molecule has 2 aromatic carbocycles. The molecule has 0 aliphatic heterocycles. The van der Waals surface area contributed by atoms with E-state index in [1.807, 2.05) is 0 Å². The van der Waals surface area contributed by atoms with Crippen LogP contribution in [-0.4, -0.2) is 18.1 Å². The average Bonchev–Trinajstić information content (AvgIpc) is 2.47. The Morgan fingerprint density at radius 1 is 1.20 bits per heavy atom. The topological polar surface area (TPSA) is 72.6 Å². The summed E-state index contributed by atoms with van der Waals surface area (Å²) in [6, 6.07) is 12.2. The first-order chi connectivity index (χ1) is 9.51. The quantitative estimate of drug-likeness (QED) is 0.889. The maximum absolute atomic E-state index is 14.3. The van der Waals surface area contributed by atoms with Crippen LogP contribution in [0, 0.1) is 5.82 Å². The molecule has 0 spiro atoms. The molecule has 0 heterocycles. The van der Waals surface area contributed by atoms with Gasteiger partial charge in [0.25, 0.3) is 5.91 Å². The van der Waals surface area contributed by atoms with Gasteiger partial charge in [0.2, 0.25) is 0 Å². The predicted octanol–water partition coefficient (Wildman–Crippen LogP) is 1.56. The van der Waals surface area contributed by atoms with Crippen LogP contribution in [0.1, 0.15) is 11.1 Å². The van der Waals surface area contributed by atoms with Gasteiger partial charge < -0.3 is 15.6 Å². The van der Waals surface area contributed by atoms with Crippen LogP contribution in [-0.2, 0) is 10.4 Å². The monoisotopic (exact) mass is 275 g/mol. The predicted molar refractivity (Wildman–Crippen MR) is 71.6 cm³/mol. The zero-order valence-electron chi connectivity index (χ0n) is 10.8. The van der Waals surface area contributed by atoms with Gasteiger partial charge in [0, 0.05) is 5.56 Å². The lowest BCUT2D eigenvalue weighted by Gasteiger charge is -2.26. The van der Waals surface area contributed by atoms with Crippen molar-refractivity contribution in [2.45, 2.75) is 5.60 Å². The molecule has 0 aliphatic rings. The third-order valence-electron chi connectivity index (χ3n) is 3.12. The third kappa shape index (κ3) is 2.12. The summed E-state index contributed by atoms with van der Waals surface area (Å²) in [5.41, 5.74) is 3.00. The molecule has 0 saturated heterocycles. The second kappa shape index (κ2) is 5.30. The van der Waals surface area contributed by atoms with E-state index in [-0.39, 0.29) is 16.9 Å². The number of hydrogen-bond donors (Lipinski definition) is 2. The van der Waals surface area contributed by atoms with E-state index < -0.39 is 17.3 Å². The normalized spacial score (nSPS) is 13.6. The van der Waals surface area contributed by atoms with Crippen molar-refractivity contribution in [3.8, 4) is 5.75 Å². The summed E-state index contributed by atoms with van der Waals surface area (Å²) in [4.78, 5) is 11.7. The molecule has 2 rings (SSSR count). The van der Waals surface area contributed by atoms with Gasteiger partial charge in [-0.05, 0) is 11.6 Å². The molecule has 0 radical (unpaired) electrons. The fourth-order valence-electron chi connectivity index (χ4n) is 2.06. The molecule has 0 aromatic heterocycles. The Hall–Kier alpha value is -2.40. The molecule has 4 nitrogen and oxygen atoms in total. The number of carbonyl (C=O) groups is 1. The molecule has 5 heteroatoms. The highest BCUT2D eigenvalue weighted by atomic mass is 19.1. The molecular weight excluding hydrogens is 261 g/mol. The Bertz CT molecular complexity index is 630. The van der Waals surface area contributed by atoms with Gasteiger partial charge in [-0.2, -0.15) is 0 Å². The van der Waals surface area contributed by atoms with Crippen molar-refractivity contribution in [1.29, 1.82) is 0 Å². The van der Waals surface area contributed by atoms with Crippen LogP contribution in [0.3, 0.4) is 0 Å². The molecule has 0 aliphatic carbocycles. The van der Waals surface area contributed by atoms with Gasteiger partial charge in [0.05, 0.1) is 7.11 Å².